The number of carbonyl (C=O) groups is 1. The second-order valence-corrected chi connectivity index (χ2v) is 3.57. The molecule has 1 aliphatic heterocycles. The van der Waals surface area contributed by atoms with E-state index in [0.29, 0.717) is 37.4 Å². The van der Waals surface area contributed by atoms with Crippen molar-refractivity contribution >= 4 is 11.7 Å². The predicted molar refractivity (Wildman–Crippen MR) is 58.8 cm³/mol. The third kappa shape index (κ3) is 2.11. The first-order chi connectivity index (χ1) is 7.81. The molecule has 2 rings (SSSR count). The van der Waals surface area contributed by atoms with Crippen molar-refractivity contribution in [2.75, 3.05) is 24.5 Å². The van der Waals surface area contributed by atoms with E-state index in [1.807, 2.05) is 4.90 Å². The fourth-order valence-electron chi connectivity index (χ4n) is 1.72. The van der Waals surface area contributed by atoms with Crippen LogP contribution in [0.2, 0.25) is 0 Å². The molecule has 1 aliphatic rings. The van der Waals surface area contributed by atoms with Crippen LogP contribution >= 0.6 is 0 Å². The Balaban J connectivity index is 2.23. The first-order valence-electron chi connectivity index (χ1n) is 5.18. The number of nitrogens with one attached hydrogen (secondary N) is 1. The Morgan fingerprint density at radius 1 is 1.50 bits per heavy atom. The Morgan fingerprint density at radius 2 is 2.38 bits per heavy atom. The van der Waals surface area contributed by atoms with Crippen LogP contribution in [0.25, 0.3) is 0 Å². The first kappa shape index (κ1) is 10.4. The van der Waals surface area contributed by atoms with Crippen molar-refractivity contribution < 1.29 is 4.79 Å². The molecule has 2 heterocycles. The molecule has 0 unspecified atom stereocenters. The molecule has 1 saturated heterocycles. The first-order valence-corrected chi connectivity index (χ1v) is 5.18. The summed E-state index contributed by atoms with van der Waals surface area (Å²) >= 11 is 0. The lowest BCUT2D eigenvalue weighted by Crippen LogP contribution is -2.29. The van der Waals surface area contributed by atoms with Crippen LogP contribution in [0.3, 0.4) is 0 Å². The topological polar surface area (TPSA) is 69.0 Å². The van der Waals surface area contributed by atoms with Crippen molar-refractivity contribution in [3.63, 3.8) is 0 Å². The van der Waals surface area contributed by atoms with Crippen molar-refractivity contribution in [3.8, 4) is 6.07 Å². The molecule has 1 aromatic heterocycles. The average molecular weight is 216 g/mol. The highest BCUT2D eigenvalue weighted by Gasteiger charge is 2.16. The average Bonchev–Trinajstić information content (AvgIpc) is 2.54. The van der Waals surface area contributed by atoms with Crippen LogP contribution in [0, 0.1) is 11.3 Å². The minimum absolute atomic E-state index is 0.0527. The van der Waals surface area contributed by atoms with Crippen molar-refractivity contribution in [2.45, 2.75) is 6.42 Å². The van der Waals surface area contributed by atoms with Crippen LogP contribution in [-0.2, 0) is 4.79 Å². The highest BCUT2D eigenvalue weighted by atomic mass is 16.1. The second kappa shape index (κ2) is 4.62. The van der Waals surface area contributed by atoms with E-state index >= 15 is 0 Å². The van der Waals surface area contributed by atoms with E-state index < -0.39 is 0 Å². The summed E-state index contributed by atoms with van der Waals surface area (Å²) in [6.07, 6.45) is 2.11. The summed E-state index contributed by atoms with van der Waals surface area (Å²) < 4.78 is 0. The molecule has 0 bridgehead atoms. The van der Waals surface area contributed by atoms with Gasteiger partial charge in [0.25, 0.3) is 0 Å². The number of pyridine rings is 1. The Bertz CT molecular complexity index is 438. The summed E-state index contributed by atoms with van der Waals surface area (Å²) in [5.74, 6) is 0.721. The van der Waals surface area contributed by atoms with E-state index in [4.69, 9.17) is 5.26 Å². The summed E-state index contributed by atoms with van der Waals surface area (Å²) in [6, 6.07) is 5.59. The quantitative estimate of drug-likeness (QED) is 0.732. The number of hydrogen-bond acceptors (Lipinski definition) is 4. The Kier molecular flexibility index (Phi) is 3.01. The SMILES string of the molecule is N#Cc1cccnc1N1CCNC(=O)CC1. The number of anilines is 1. The van der Waals surface area contributed by atoms with Crippen LogP contribution in [0.15, 0.2) is 18.3 Å². The number of rotatable bonds is 1. The van der Waals surface area contributed by atoms with E-state index in [-0.39, 0.29) is 5.91 Å². The maximum atomic E-state index is 11.2. The van der Waals surface area contributed by atoms with Gasteiger partial charge in [0.1, 0.15) is 11.9 Å². The van der Waals surface area contributed by atoms with Gasteiger partial charge < -0.3 is 10.2 Å². The number of aromatic nitrogens is 1. The molecule has 16 heavy (non-hydrogen) atoms. The summed E-state index contributed by atoms with van der Waals surface area (Å²) in [4.78, 5) is 17.4. The summed E-state index contributed by atoms with van der Waals surface area (Å²) in [5, 5.41) is 11.8. The van der Waals surface area contributed by atoms with Crippen LogP contribution in [-0.4, -0.2) is 30.5 Å². The Hall–Kier alpha value is -2.09. The van der Waals surface area contributed by atoms with E-state index in [1.165, 1.54) is 0 Å². The summed E-state index contributed by atoms with van der Waals surface area (Å²) in [7, 11) is 0. The smallest absolute Gasteiger partial charge is 0.221 e. The van der Waals surface area contributed by atoms with Crippen molar-refractivity contribution in [1.82, 2.24) is 10.3 Å². The van der Waals surface area contributed by atoms with Gasteiger partial charge in [-0.2, -0.15) is 5.26 Å². The molecule has 0 saturated carbocycles. The van der Waals surface area contributed by atoms with Gasteiger partial charge in [0, 0.05) is 32.3 Å². The van der Waals surface area contributed by atoms with Gasteiger partial charge in [0.15, 0.2) is 0 Å². The van der Waals surface area contributed by atoms with Crippen LogP contribution in [0.1, 0.15) is 12.0 Å². The van der Waals surface area contributed by atoms with Crippen LogP contribution < -0.4 is 10.2 Å². The molecule has 5 heteroatoms. The van der Waals surface area contributed by atoms with Gasteiger partial charge in [-0.05, 0) is 12.1 Å². The Labute approximate surface area is 93.7 Å². The largest absolute Gasteiger partial charge is 0.354 e. The molecule has 0 atom stereocenters. The highest BCUT2D eigenvalue weighted by Crippen LogP contribution is 2.16. The second-order valence-electron chi connectivity index (χ2n) is 3.57. The van der Waals surface area contributed by atoms with Gasteiger partial charge >= 0.3 is 0 Å². The fourth-order valence-corrected chi connectivity index (χ4v) is 1.72. The molecule has 1 amide bonds. The Morgan fingerprint density at radius 3 is 3.19 bits per heavy atom. The normalized spacial score (nSPS) is 16.2. The van der Waals surface area contributed by atoms with E-state index in [1.54, 1.807) is 18.3 Å². The number of carbonyl (C=O) groups excluding carboxylic acids is 1. The van der Waals surface area contributed by atoms with Gasteiger partial charge in [0.05, 0.1) is 5.56 Å². The molecule has 1 fully saturated rings. The minimum atomic E-state index is 0.0527. The predicted octanol–water partition coefficient (Wildman–Crippen LogP) is 0.280. The highest BCUT2D eigenvalue weighted by molar-refractivity contribution is 5.77. The van der Waals surface area contributed by atoms with Crippen LogP contribution in [0.4, 0.5) is 5.82 Å². The molecule has 0 radical (unpaired) electrons. The molecule has 0 aliphatic carbocycles. The lowest BCUT2D eigenvalue weighted by Gasteiger charge is -2.21. The molecule has 0 spiro atoms. The summed E-state index contributed by atoms with van der Waals surface area (Å²) in [6.45, 7) is 1.90. The molecule has 0 aromatic carbocycles. The number of nitriles is 1. The van der Waals surface area contributed by atoms with Gasteiger partial charge in [-0.3, -0.25) is 4.79 Å². The van der Waals surface area contributed by atoms with Crippen molar-refractivity contribution in [1.29, 1.82) is 5.26 Å². The zero-order valence-corrected chi connectivity index (χ0v) is 8.81. The third-order valence-electron chi connectivity index (χ3n) is 2.52. The molecule has 1 N–H and O–H groups in total. The van der Waals surface area contributed by atoms with Gasteiger partial charge in [0.2, 0.25) is 5.91 Å². The van der Waals surface area contributed by atoms with Crippen molar-refractivity contribution in [3.05, 3.63) is 23.9 Å². The molecular formula is C11H12N4O. The standard InChI is InChI=1S/C11H12N4O/c12-8-9-2-1-4-14-11(9)15-6-3-10(16)13-5-7-15/h1-2,4H,3,5-7H2,(H,13,16). The molecule has 5 nitrogen and oxygen atoms in total. The number of amides is 1. The third-order valence-corrected chi connectivity index (χ3v) is 2.52. The van der Waals surface area contributed by atoms with Gasteiger partial charge in [-0.25, -0.2) is 4.98 Å². The monoisotopic (exact) mass is 216 g/mol. The van der Waals surface area contributed by atoms with Crippen LogP contribution in [0.5, 0.6) is 0 Å². The maximum Gasteiger partial charge on any atom is 0.221 e. The number of nitrogens with zero attached hydrogens (tertiary/aromatic N) is 3. The molecular weight excluding hydrogens is 204 g/mol. The fraction of sp³-hybridized carbons (Fsp3) is 0.364. The zero-order chi connectivity index (χ0) is 11.4. The zero-order valence-electron chi connectivity index (χ0n) is 8.81. The van der Waals surface area contributed by atoms with E-state index in [2.05, 4.69) is 16.4 Å². The van der Waals surface area contributed by atoms with Gasteiger partial charge in [-0.1, -0.05) is 0 Å². The van der Waals surface area contributed by atoms with E-state index in [9.17, 15) is 4.79 Å². The number of hydrogen-bond donors (Lipinski definition) is 1. The molecule has 82 valence electrons. The molecule has 1 aromatic rings. The lowest BCUT2D eigenvalue weighted by molar-refractivity contribution is -0.120. The minimum Gasteiger partial charge on any atom is -0.354 e. The maximum absolute atomic E-state index is 11.2. The van der Waals surface area contributed by atoms with E-state index in [0.717, 1.165) is 0 Å². The summed E-state index contributed by atoms with van der Waals surface area (Å²) in [5.41, 5.74) is 0.553. The van der Waals surface area contributed by atoms with Gasteiger partial charge in [-0.15, -0.1) is 0 Å². The van der Waals surface area contributed by atoms with Crippen molar-refractivity contribution in [2.24, 2.45) is 0 Å². The lowest BCUT2D eigenvalue weighted by atomic mass is 10.2.